The van der Waals surface area contributed by atoms with Crippen LogP contribution in [-0.2, 0) is 6.54 Å². The Morgan fingerprint density at radius 1 is 1.24 bits per heavy atom. The van der Waals surface area contributed by atoms with Gasteiger partial charge in [0.1, 0.15) is 11.6 Å². The SMILES string of the molecule is COc1cccc(C(O)CNCc2ccc(F)c(C)c2)c1. The number of methoxy groups -OCH3 is 1. The molecule has 0 heterocycles. The fraction of sp³-hybridized carbons (Fsp3) is 0.294. The molecule has 0 aliphatic rings. The van der Waals surface area contributed by atoms with Crippen molar-refractivity contribution in [3.63, 3.8) is 0 Å². The van der Waals surface area contributed by atoms with E-state index in [-0.39, 0.29) is 5.82 Å². The van der Waals surface area contributed by atoms with Gasteiger partial charge in [0.25, 0.3) is 0 Å². The fourth-order valence-corrected chi connectivity index (χ4v) is 2.14. The molecule has 2 aromatic rings. The quantitative estimate of drug-likeness (QED) is 0.859. The van der Waals surface area contributed by atoms with Crippen LogP contribution in [0.1, 0.15) is 22.8 Å². The minimum Gasteiger partial charge on any atom is -0.497 e. The summed E-state index contributed by atoms with van der Waals surface area (Å²) < 4.78 is 18.3. The second-order valence-corrected chi connectivity index (χ2v) is 5.01. The lowest BCUT2D eigenvalue weighted by atomic mass is 10.1. The maximum absolute atomic E-state index is 13.2. The predicted octanol–water partition coefficient (Wildman–Crippen LogP) is 2.97. The summed E-state index contributed by atoms with van der Waals surface area (Å²) >= 11 is 0. The molecule has 1 unspecified atom stereocenters. The van der Waals surface area contributed by atoms with Gasteiger partial charge in [-0.05, 0) is 41.8 Å². The van der Waals surface area contributed by atoms with E-state index in [0.717, 1.165) is 16.9 Å². The Balaban J connectivity index is 1.88. The van der Waals surface area contributed by atoms with Gasteiger partial charge in [-0.2, -0.15) is 0 Å². The van der Waals surface area contributed by atoms with Crippen LogP contribution < -0.4 is 10.1 Å². The molecule has 1 atom stereocenters. The molecule has 0 spiro atoms. The molecular weight excluding hydrogens is 269 g/mol. The van der Waals surface area contributed by atoms with Gasteiger partial charge < -0.3 is 15.2 Å². The molecular formula is C17H20FNO2. The first kappa shape index (κ1) is 15.5. The molecule has 0 aromatic heterocycles. The van der Waals surface area contributed by atoms with E-state index in [0.29, 0.717) is 18.7 Å². The van der Waals surface area contributed by atoms with Crippen molar-refractivity contribution in [2.75, 3.05) is 13.7 Å². The van der Waals surface area contributed by atoms with Crippen molar-refractivity contribution < 1.29 is 14.2 Å². The summed E-state index contributed by atoms with van der Waals surface area (Å²) in [6.45, 7) is 2.75. The zero-order valence-corrected chi connectivity index (χ0v) is 12.3. The summed E-state index contributed by atoms with van der Waals surface area (Å²) in [6, 6.07) is 12.4. The highest BCUT2D eigenvalue weighted by Crippen LogP contribution is 2.18. The van der Waals surface area contributed by atoms with Crippen molar-refractivity contribution in [3.05, 3.63) is 65.0 Å². The Labute approximate surface area is 124 Å². The zero-order chi connectivity index (χ0) is 15.2. The standard InChI is InChI=1S/C17H20FNO2/c1-12-8-13(6-7-16(12)18)10-19-11-17(20)14-4-3-5-15(9-14)21-2/h3-9,17,19-20H,10-11H2,1-2H3. The van der Waals surface area contributed by atoms with Crippen LogP contribution in [-0.4, -0.2) is 18.8 Å². The van der Waals surface area contributed by atoms with Crippen molar-refractivity contribution in [1.82, 2.24) is 5.32 Å². The van der Waals surface area contributed by atoms with Crippen LogP contribution in [0.25, 0.3) is 0 Å². The monoisotopic (exact) mass is 289 g/mol. The van der Waals surface area contributed by atoms with Gasteiger partial charge in [0, 0.05) is 13.1 Å². The predicted molar refractivity (Wildman–Crippen MR) is 80.8 cm³/mol. The van der Waals surface area contributed by atoms with Gasteiger partial charge in [0.05, 0.1) is 13.2 Å². The molecule has 0 saturated heterocycles. The first-order valence-electron chi connectivity index (χ1n) is 6.88. The van der Waals surface area contributed by atoms with Crippen molar-refractivity contribution in [1.29, 1.82) is 0 Å². The molecule has 2 aromatic carbocycles. The summed E-state index contributed by atoms with van der Waals surface area (Å²) in [5.74, 6) is 0.524. The van der Waals surface area contributed by atoms with E-state index in [1.807, 2.05) is 24.3 Å². The fourth-order valence-electron chi connectivity index (χ4n) is 2.14. The van der Waals surface area contributed by atoms with Crippen molar-refractivity contribution in [2.24, 2.45) is 0 Å². The van der Waals surface area contributed by atoms with Crippen LogP contribution in [0.15, 0.2) is 42.5 Å². The summed E-state index contributed by atoms with van der Waals surface area (Å²) in [7, 11) is 1.60. The molecule has 112 valence electrons. The molecule has 21 heavy (non-hydrogen) atoms. The highest BCUT2D eigenvalue weighted by molar-refractivity contribution is 5.30. The minimum atomic E-state index is -0.610. The number of hydrogen-bond acceptors (Lipinski definition) is 3. The first-order valence-corrected chi connectivity index (χ1v) is 6.88. The lowest BCUT2D eigenvalue weighted by molar-refractivity contribution is 0.174. The summed E-state index contributed by atoms with van der Waals surface area (Å²) in [4.78, 5) is 0. The van der Waals surface area contributed by atoms with E-state index in [9.17, 15) is 9.50 Å². The number of aliphatic hydroxyl groups is 1. The second-order valence-electron chi connectivity index (χ2n) is 5.01. The summed E-state index contributed by atoms with van der Waals surface area (Å²) in [5, 5.41) is 13.3. The molecule has 0 amide bonds. The lowest BCUT2D eigenvalue weighted by Crippen LogP contribution is -2.21. The average molecular weight is 289 g/mol. The van der Waals surface area contributed by atoms with E-state index in [4.69, 9.17) is 4.74 Å². The van der Waals surface area contributed by atoms with Crippen molar-refractivity contribution in [2.45, 2.75) is 19.6 Å². The normalized spacial score (nSPS) is 12.2. The van der Waals surface area contributed by atoms with E-state index >= 15 is 0 Å². The maximum Gasteiger partial charge on any atom is 0.126 e. The third kappa shape index (κ3) is 4.28. The third-order valence-corrected chi connectivity index (χ3v) is 3.37. The highest BCUT2D eigenvalue weighted by Gasteiger charge is 2.08. The van der Waals surface area contributed by atoms with Crippen LogP contribution in [0.3, 0.4) is 0 Å². The number of ether oxygens (including phenoxy) is 1. The first-order chi connectivity index (χ1) is 10.1. The van der Waals surface area contributed by atoms with Crippen molar-refractivity contribution in [3.8, 4) is 5.75 Å². The van der Waals surface area contributed by atoms with Gasteiger partial charge in [-0.25, -0.2) is 4.39 Å². The number of aryl methyl sites for hydroxylation is 1. The van der Waals surface area contributed by atoms with Gasteiger partial charge in [0.2, 0.25) is 0 Å². The van der Waals surface area contributed by atoms with Crippen LogP contribution in [0, 0.1) is 12.7 Å². The Morgan fingerprint density at radius 2 is 2.05 bits per heavy atom. The van der Waals surface area contributed by atoms with E-state index < -0.39 is 6.10 Å². The largest absolute Gasteiger partial charge is 0.497 e. The van der Waals surface area contributed by atoms with Crippen LogP contribution in [0.5, 0.6) is 5.75 Å². The van der Waals surface area contributed by atoms with E-state index in [1.165, 1.54) is 6.07 Å². The minimum absolute atomic E-state index is 0.199. The smallest absolute Gasteiger partial charge is 0.126 e. The molecule has 3 nitrogen and oxygen atoms in total. The van der Waals surface area contributed by atoms with Gasteiger partial charge in [0.15, 0.2) is 0 Å². The Hall–Kier alpha value is -1.91. The van der Waals surface area contributed by atoms with Gasteiger partial charge in [-0.15, -0.1) is 0 Å². The van der Waals surface area contributed by atoms with Crippen LogP contribution >= 0.6 is 0 Å². The summed E-state index contributed by atoms with van der Waals surface area (Å²) in [5.41, 5.74) is 2.42. The number of benzene rings is 2. The molecule has 0 bridgehead atoms. The van der Waals surface area contributed by atoms with Gasteiger partial charge in [-0.3, -0.25) is 0 Å². The molecule has 0 radical (unpaired) electrons. The summed E-state index contributed by atoms with van der Waals surface area (Å²) in [6.07, 6.45) is -0.610. The number of hydrogen-bond donors (Lipinski definition) is 2. The maximum atomic E-state index is 13.2. The number of halogens is 1. The zero-order valence-electron chi connectivity index (χ0n) is 12.3. The topological polar surface area (TPSA) is 41.5 Å². The van der Waals surface area contributed by atoms with E-state index in [2.05, 4.69) is 5.32 Å². The molecule has 0 saturated carbocycles. The second kappa shape index (κ2) is 7.20. The molecule has 0 aliphatic heterocycles. The van der Waals surface area contributed by atoms with E-state index in [1.54, 1.807) is 26.2 Å². The lowest BCUT2D eigenvalue weighted by Gasteiger charge is -2.13. The molecule has 0 fully saturated rings. The Morgan fingerprint density at radius 3 is 2.76 bits per heavy atom. The third-order valence-electron chi connectivity index (χ3n) is 3.37. The van der Waals surface area contributed by atoms with Crippen LogP contribution in [0.4, 0.5) is 4.39 Å². The Kier molecular flexibility index (Phi) is 5.31. The Bertz CT molecular complexity index is 601. The van der Waals surface area contributed by atoms with Gasteiger partial charge >= 0.3 is 0 Å². The average Bonchev–Trinajstić information content (AvgIpc) is 2.50. The number of aliphatic hydroxyl groups excluding tert-OH is 1. The van der Waals surface area contributed by atoms with Gasteiger partial charge in [-0.1, -0.05) is 24.3 Å². The van der Waals surface area contributed by atoms with Crippen molar-refractivity contribution >= 4 is 0 Å². The molecule has 4 heteroatoms. The molecule has 0 aliphatic carbocycles. The molecule has 2 rings (SSSR count). The number of nitrogens with one attached hydrogen (secondary N) is 1. The van der Waals surface area contributed by atoms with Crippen LogP contribution in [0.2, 0.25) is 0 Å². The highest BCUT2D eigenvalue weighted by atomic mass is 19.1. The number of rotatable bonds is 6. The molecule has 2 N–H and O–H groups in total.